The molecule has 0 saturated heterocycles. The van der Waals surface area contributed by atoms with Gasteiger partial charge >= 0.3 is 11.6 Å². The van der Waals surface area contributed by atoms with E-state index in [1.807, 2.05) is 6.92 Å². The van der Waals surface area contributed by atoms with Gasteiger partial charge in [-0.05, 0) is 32.0 Å². The number of benzene rings is 2. The second-order valence-corrected chi connectivity index (χ2v) is 7.94. The van der Waals surface area contributed by atoms with Crippen LogP contribution in [0.2, 0.25) is 0 Å². The number of aliphatic hydroxyl groups excluding tert-OH is 1. The highest BCUT2D eigenvalue weighted by Gasteiger charge is 2.39. The highest BCUT2D eigenvalue weighted by Crippen LogP contribution is 2.33. The van der Waals surface area contributed by atoms with Gasteiger partial charge in [0.25, 0.3) is 0 Å². The summed E-state index contributed by atoms with van der Waals surface area (Å²) in [5, 5.41) is 19.8. The lowest BCUT2D eigenvalue weighted by Gasteiger charge is -2.17. The molecular formula is C21H24N3O5S+. The topological polar surface area (TPSA) is 113 Å². The van der Waals surface area contributed by atoms with Crippen molar-refractivity contribution in [2.45, 2.75) is 24.8 Å². The molecule has 0 saturated carbocycles. The highest BCUT2D eigenvalue weighted by molar-refractivity contribution is 7.89. The van der Waals surface area contributed by atoms with E-state index in [1.54, 1.807) is 43.3 Å². The SMILES string of the molecule is C=CCOc1ccccc1C(NS(=O)(=O)c1ccc(C)cc1)/C([N+]#N)=C(\O)OCC. The van der Waals surface area contributed by atoms with Crippen molar-refractivity contribution in [2.24, 2.45) is 0 Å². The lowest BCUT2D eigenvalue weighted by Crippen LogP contribution is -2.30. The Kier molecular flexibility index (Phi) is 7.98. The Labute approximate surface area is 176 Å². The minimum atomic E-state index is -4.06. The fourth-order valence-electron chi connectivity index (χ4n) is 2.64. The number of aryl methyl sites for hydroxylation is 1. The Hall–Kier alpha value is -3.35. The molecule has 0 heterocycles. The third-order valence-electron chi connectivity index (χ3n) is 4.07. The number of ether oxygens (including phenoxy) is 2. The largest absolute Gasteiger partial charge is 0.489 e. The van der Waals surface area contributed by atoms with Crippen molar-refractivity contribution in [1.82, 2.24) is 4.72 Å². The first-order valence-electron chi connectivity index (χ1n) is 9.16. The van der Waals surface area contributed by atoms with Crippen molar-refractivity contribution in [1.29, 1.82) is 5.39 Å². The summed E-state index contributed by atoms with van der Waals surface area (Å²) in [5.41, 5.74) is 0.796. The number of hydrogen-bond acceptors (Lipinski definition) is 6. The van der Waals surface area contributed by atoms with E-state index in [1.165, 1.54) is 18.2 Å². The molecule has 1 atom stereocenters. The van der Waals surface area contributed by atoms with E-state index in [-0.39, 0.29) is 18.1 Å². The summed E-state index contributed by atoms with van der Waals surface area (Å²) in [4.78, 5) is 3.11. The maximum atomic E-state index is 13.0. The number of diazo groups is 1. The van der Waals surface area contributed by atoms with Gasteiger partial charge in [-0.3, -0.25) is 0 Å². The van der Waals surface area contributed by atoms with Crippen LogP contribution >= 0.6 is 0 Å². The molecule has 0 aliphatic rings. The molecule has 0 amide bonds. The summed E-state index contributed by atoms with van der Waals surface area (Å²) >= 11 is 0. The van der Waals surface area contributed by atoms with Crippen molar-refractivity contribution >= 4 is 10.0 Å². The van der Waals surface area contributed by atoms with Gasteiger partial charge in [0.05, 0.1) is 11.5 Å². The highest BCUT2D eigenvalue weighted by atomic mass is 32.2. The van der Waals surface area contributed by atoms with E-state index in [4.69, 9.17) is 9.47 Å². The summed E-state index contributed by atoms with van der Waals surface area (Å²) in [6.07, 6.45) is 1.53. The lowest BCUT2D eigenvalue weighted by atomic mass is 10.0. The Morgan fingerprint density at radius 2 is 1.93 bits per heavy atom. The van der Waals surface area contributed by atoms with Gasteiger partial charge in [0.2, 0.25) is 15.4 Å². The van der Waals surface area contributed by atoms with Gasteiger partial charge in [0.15, 0.2) is 11.0 Å². The van der Waals surface area contributed by atoms with E-state index in [2.05, 4.69) is 16.3 Å². The van der Waals surface area contributed by atoms with Crippen LogP contribution in [0.3, 0.4) is 0 Å². The number of sulfonamides is 1. The monoisotopic (exact) mass is 430 g/mol. The van der Waals surface area contributed by atoms with Crippen molar-refractivity contribution < 1.29 is 23.0 Å². The van der Waals surface area contributed by atoms with Crippen molar-refractivity contribution in [3.05, 3.63) is 88.9 Å². The van der Waals surface area contributed by atoms with Gasteiger partial charge in [0, 0.05) is 5.56 Å². The van der Waals surface area contributed by atoms with Crippen LogP contribution in [0.1, 0.15) is 24.1 Å². The van der Waals surface area contributed by atoms with E-state index >= 15 is 0 Å². The van der Waals surface area contributed by atoms with Crippen LogP contribution in [-0.4, -0.2) is 26.7 Å². The molecule has 158 valence electrons. The first-order chi connectivity index (χ1) is 14.3. The molecule has 0 fully saturated rings. The molecule has 0 aromatic heterocycles. The van der Waals surface area contributed by atoms with E-state index < -0.39 is 27.7 Å². The summed E-state index contributed by atoms with van der Waals surface area (Å²) in [5.74, 6) is -0.394. The molecule has 2 rings (SSSR count). The molecule has 0 aliphatic carbocycles. The van der Waals surface area contributed by atoms with Crippen LogP contribution in [0.15, 0.2) is 77.7 Å². The van der Waals surface area contributed by atoms with Gasteiger partial charge in [0.1, 0.15) is 12.4 Å². The minimum absolute atomic E-state index is 0.00998. The van der Waals surface area contributed by atoms with Gasteiger partial charge in [-0.2, -0.15) is 4.72 Å². The summed E-state index contributed by atoms with van der Waals surface area (Å²) in [6.45, 7) is 7.31. The van der Waals surface area contributed by atoms with Gasteiger partial charge in [-0.25, -0.2) is 8.42 Å². The molecule has 9 heteroatoms. The predicted octanol–water partition coefficient (Wildman–Crippen LogP) is 4.20. The fourth-order valence-corrected chi connectivity index (χ4v) is 3.82. The van der Waals surface area contributed by atoms with Crippen LogP contribution in [-0.2, 0) is 14.8 Å². The first kappa shape index (κ1) is 22.9. The quantitative estimate of drug-likeness (QED) is 0.332. The van der Waals surface area contributed by atoms with Crippen molar-refractivity contribution in [3.63, 3.8) is 0 Å². The van der Waals surface area contributed by atoms with Crippen LogP contribution in [0.25, 0.3) is 4.98 Å². The molecule has 2 aromatic carbocycles. The molecule has 1 unspecified atom stereocenters. The normalized spacial score (nSPS) is 13.0. The van der Waals surface area contributed by atoms with E-state index in [0.29, 0.717) is 11.3 Å². The minimum Gasteiger partial charge on any atom is -0.489 e. The van der Waals surface area contributed by atoms with Crippen LogP contribution in [0, 0.1) is 12.3 Å². The molecule has 0 bridgehead atoms. The molecular weight excluding hydrogens is 406 g/mol. The smallest absolute Gasteiger partial charge is 0.462 e. The van der Waals surface area contributed by atoms with Gasteiger partial charge in [-0.15, -0.1) is 0 Å². The molecule has 0 spiro atoms. The predicted molar refractivity (Wildman–Crippen MR) is 113 cm³/mol. The second-order valence-electron chi connectivity index (χ2n) is 6.23. The van der Waals surface area contributed by atoms with Gasteiger partial charge in [-0.1, -0.05) is 48.6 Å². The average Bonchev–Trinajstić information content (AvgIpc) is 2.72. The third-order valence-corrected chi connectivity index (χ3v) is 5.51. The standard InChI is InChI=1S/C21H23N3O5S/c1-4-14-29-18-9-7-6-8-17(18)19(20(23-22)21(25)28-5-2)24-30(26,27)16-12-10-15(3)11-13-16/h4,6-13,19,24H,1,5,14H2,2-3H3/p+1/b21-20-. The first-order valence-corrected chi connectivity index (χ1v) is 10.6. The van der Waals surface area contributed by atoms with Crippen molar-refractivity contribution in [2.75, 3.05) is 13.2 Å². The maximum Gasteiger partial charge on any atom is 0.462 e. The Bertz CT molecular complexity index is 1060. The zero-order chi connectivity index (χ0) is 22.1. The van der Waals surface area contributed by atoms with Crippen LogP contribution < -0.4 is 9.46 Å². The number of hydrogen-bond donors (Lipinski definition) is 2. The molecule has 0 aliphatic heterocycles. The Morgan fingerprint density at radius 1 is 1.27 bits per heavy atom. The number of nitrogens with one attached hydrogen (secondary N) is 1. The summed E-state index contributed by atoms with van der Waals surface area (Å²) < 4.78 is 39.2. The lowest BCUT2D eigenvalue weighted by molar-refractivity contribution is 0.0968. The number of aliphatic hydroxyl groups is 1. The van der Waals surface area contributed by atoms with E-state index in [0.717, 1.165) is 5.56 Å². The molecule has 30 heavy (non-hydrogen) atoms. The summed E-state index contributed by atoms with van der Waals surface area (Å²) in [6, 6.07) is 11.5. The molecule has 8 nitrogen and oxygen atoms in total. The Balaban J connectivity index is 2.61. The van der Waals surface area contributed by atoms with Crippen LogP contribution in [0.4, 0.5) is 0 Å². The zero-order valence-electron chi connectivity index (χ0n) is 16.8. The molecule has 0 radical (unpaired) electrons. The Morgan fingerprint density at radius 3 is 2.53 bits per heavy atom. The fraction of sp³-hybridized carbons (Fsp3) is 0.238. The van der Waals surface area contributed by atoms with Crippen molar-refractivity contribution in [3.8, 4) is 5.75 Å². The number of para-hydroxylation sites is 1. The molecule has 2 aromatic rings. The van der Waals surface area contributed by atoms with E-state index in [9.17, 15) is 18.9 Å². The van der Waals surface area contributed by atoms with Gasteiger partial charge < -0.3 is 14.6 Å². The third kappa shape index (κ3) is 5.59. The number of rotatable bonds is 10. The zero-order valence-corrected chi connectivity index (χ0v) is 17.6. The molecule has 2 N–H and O–H groups in total. The number of nitrogens with zero attached hydrogens (tertiary/aromatic N) is 2. The average molecular weight is 431 g/mol. The maximum absolute atomic E-state index is 13.0. The summed E-state index contributed by atoms with van der Waals surface area (Å²) in [7, 11) is -4.06. The van der Waals surface area contributed by atoms with Crippen LogP contribution in [0.5, 0.6) is 5.75 Å². The second kappa shape index (κ2) is 10.4.